The number of rotatable bonds is 3. The molecule has 3 aliphatic carbocycles. The van der Waals surface area contributed by atoms with E-state index in [-0.39, 0.29) is 25.9 Å². The zero-order chi connectivity index (χ0) is 12.2. The predicted molar refractivity (Wildman–Crippen MR) is 49.4 cm³/mol. The molecular formula is C10H14F3NO2. The minimum absolute atomic E-state index is 0.0243. The Morgan fingerprint density at radius 1 is 1.44 bits per heavy atom. The van der Waals surface area contributed by atoms with Crippen LogP contribution in [0, 0.1) is 10.8 Å². The molecule has 92 valence electrons. The van der Waals surface area contributed by atoms with Gasteiger partial charge in [-0.2, -0.15) is 13.2 Å². The molecule has 0 aromatic carbocycles. The number of carbonyl (C=O) groups is 1. The van der Waals surface area contributed by atoms with E-state index in [4.69, 9.17) is 10.5 Å². The van der Waals surface area contributed by atoms with Crippen LogP contribution in [0.3, 0.4) is 0 Å². The molecule has 0 saturated heterocycles. The first-order chi connectivity index (χ1) is 7.26. The third-order valence-electron chi connectivity index (χ3n) is 3.87. The first-order valence-corrected chi connectivity index (χ1v) is 5.25. The average Bonchev–Trinajstić information content (AvgIpc) is 1.96. The lowest BCUT2D eigenvalue weighted by Gasteiger charge is -2.71. The minimum atomic E-state index is -4.16. The second-order valence-electron chi connectivity index (χ2n) is 4.90. The SMILES string of the molecule is CCOC(=O)[C@@H](N)C12CC(C(F)(F)F)(C1)C2. The summed E-state index contributed by atoms with van der Waals surface area (Å²) in [5.41, 5.74) is 3.43. The summed E-state index contributed by atoms with van der Waals surface area (Å²) in [5, 5.41) is 0. The Hall–Kier alpha value is -0.780. The van der Waals surface area contributed by atoms with Crippen LogP contribution in [0.25, 0.3) is 0 Å². The molecule has 3 nitrogen and oxygen atoms in total. The number of nitrogens with two attached hydrogens (primary N) is 1. The quantitative estimate of drug-likeness (QED) is 0.759. The van der Waals surface area contributed by atoms with Crippen molar-refractivity contribution in [1.29, 1.82) is 0 Å². The molecule has 3 saturated carbocycles. The van der Waals surface area contributed by atoms with E-state index in [0.29, 0.717) is 0 Å². The molecule has 2 N–H and O–H groups in total. The molecule has 0 amide bonds. The van der Waals surface area contributed by atoms with Gasteiger partial charge >= 0.3 is 12.1 Å². The summed E-state index contributed by atoms with van der Waals surface area (Å²) in [6.45, 7) is 1.84. The van der Waals surface area contributed by atoms with E-state index in [1.54, 1.807) is 6.92 Å². The summed E-state index contributed by atoms with van der Waals surface area (Å²) in [5.74, 6) is -0.585. The Morgan fingerprint density at radius 3 is 2.31 bits per heavy atom. The molecule has 0 aromatic heterocycles. The van der Waals surface area contributed by atoms with Crippen LogP contribution in [0.15, 0.2) is 0 Å². The Morgan fingerprint density at radius 2 is 1.94 bits per heavy atom. The van der Waals surface area contributed by atoms with Gasteiger partial charge in [-0.25, -0.2) is 0 Å². The Kier molecular flexibility index (Phi) is 2.28. The van der Waals surface area contributed by atoms with Gasteiger partial charge in [0.05, 0.1) is 12.0 Å². The number of ether oxygens (including phenoxy) is 1. The molecule has 3 aliphatic rings. The average molecular weight is 237 g/mol. The van der Waals surface area contributed by atoms with Crippen LogP contribution in [0.5, 0.6) is 0 Å². The number of hydrogen-bond donors (Lipinski definition) is 1. The molecule has 0 radical (unpaired) electrons. The largest absolute Gasteiger partial charge is 0.465 e. The van der Waals surface area contributed by atoms with E-state index in [0.717, 1.165) is 0 Å². The minimum Gasteiger partial charge on any atom is -0.465 e. The lowest BCUT2D eigenvalue weighted by atomic mass is 9.33. The second kappa shape index (κ2) is 3.12. The van der Waals surface area contributed by atoms with Crippen LogP contribution in [0.4, 0.5) is 13.2 Å². The lowest BCUT2D eigenvalue weighted by molar-refractivity contribution is -0.366. The highest BCUT2D eigenvalue weighted by molar-refractivity contribution is 5.77. The fourth-order valence-electron chi connectivity index (χ4n) is 2.98. The van der Waals surface area contributed by atoms with Crippen LogP contribution < -0.4 is 5.73 Å². The number of hydrogen-bond acceptors (Lipinski definition) is 3. The normalized spacial score (nSPS) is 38.3. The maximum atomic E-state index is 12.5. The van der Waals surface area contributed by atoms with Gasteiger partial charge in [0.2, 0.25) is 0 Å². The lowest BCUT2D eigenvalue weighted by Crippen LogP contribution is -2.74. The monoisotopic (exact) mass is 237 g/mol. The standard InChI is InChI=1S/C10H14F3NO2/c1-2-16-7(15)6(14)8-3-9(4-8,5-8)10(11,12)13/h6H,2-5,14H2,1H3/t6-,8?,9?/m1/s1. The van der Waals surface area contributed by atoms with E-state index in [2.05, 4.69) is 0 Å². The third kappa shape index (κ3) is 1.28. The first kappa shape index (κ1) is 11.7. The summed E-state index contributed by atoms with van der Waals surface area (Å²) in [6, 6.07) is -0.906. The van der Waals surface area contributed by atoms with Crippen LogP contribution in [-0.2, 0) is 9.53 Å². The van der Waals surface area contributed by atoms with Gasteiger partial charge in [0, 0.05) is 0 Å². The molecule has 0 spiro atoms. The Bertz CT molecular complexity index is 307. The molecule has 0 aromatic rings. The zero-order valence-corrected chi connectivity index (χ0v) is 8.93. The van der Waals surface area contributed by atoms with Gasteiger partial charge in [-0.1, -0.05) is 0 Å². The molecule has 16 heavy (non-hydrogen) atoms. The highest BCUT2D eigenvalue weighted by atomic mass is 19.4. The van der Waals surface area contributed by atoms with Crippen molar-refractivity contribution in [3.63, 3.8) is 0 Å². The van der Waals surface area contributed by atoms with Crippen LogP contribution in [0.2, 0.25) is 0 Å². The van der Waals surface area contributed by atoms with Crippen LogP contribution >= 0.6 is 0 Å². The second-order valence-corrected chi connectivity index (χ2v) is 4.90. The maximum absolute atomic E-state index is 12.5. The highest BCUT2D eigenvalue weighted by Gasteiger charge is 2.80. The smallest absolute Gasteiger partial charge is 0.394 e. The van der Waals surface area contributed by atoms with Crippen LogP contribution in [0.1, 0.15) is 26.2 Å². The molecule has 0 heterocycles. The number of carbonyl (C=O) groups excluding carboxylic acids is 1. The molecule has 6 heteroatoms. The summed E-state index contributed by atoms with van der Waals surface area (Å²) in [4.78, 5) is 11.3. The fraction of sp³-hybridized carbons (Fsp3) is 0.900. The van der Waals surface area contributed by atoms with Crippen molar-refractivity contribution in [2.75, 3.05) is 6.61 Å². The number of esters is 1. The van der Waals surface area contributed by atoms with Crippen molar-refractivity contribution in [1.82, 2.24) is 0 Å². The van der Waals surface area contributed by atoms with E-state index < -0.39 is 29.0 Å². The molecule has 3 rings (SSSR count). The van der Waals surface area contributed by atoms with Crippen molar-refractivity contribution in [3.05, 3.63) is 0 Å². The summed E-state index contributed by atoms with van der Waals surface area (Å²) in [7, 11) is 0. The van der Waals surface area contributed by atoms with Gasteiger partial charge in [-0.15, -0.1) is 0 Å². The molecule has 2 bridgehead atoms. The van der Waals surface area contributed by atoms with E-state index in [1.807, 2.05) is 0 Å². The van der Waals surface area contributed by atoms with Gasteiger partial charge in [-0.05, 0) is 31.6 Å². The summed E-state index contributed by atoms with van der Waals surface area (Å²) in [6.07, 6.45) is -4.24. The fourth-order valence-corrected chi connectivity index (χ4v) is 2.98. The van der Waals surface area contributed by atoms with E-state index >= 15 is 0 Å². The van der Waals surface area contributed by atoms with E-state index in [9.17, 15) is 18.0 Å². The highest BCUT2D eigenvalue weighted by Crippen LogP contribution is 2.79. The predicted octanol–water partition coefficient (Wildman–Crippen LogP) is 1.61. The molecule has 3 fully saturated rings. The van der Waals surface area contributed by atoms with Gasteiger partial charge in [-0.3, -0.25) is 4.79 Å². The molecule has 0 unspecified atom stereocenters. The van der Waals surface area contributed by atoms with Gasteiger partial charge < -0.3 is 10.5 Å². The topological polar surface area (TPSA) is 52.3 Å². The Labute approximate surface area is 91.1 Å². The van der Waals surface area contributed by atoms with Crippen molar-refractivity contribution in [3.8, 4) is 0 Å². The van der Waals surface area contributed by atoms with Crippen molar-refractivity contribution in [2.45, 2.75) is 38.4 Å². The molecule has 1 atom stereocenters. The Balaban J connectivity index is 1.96. The van der Waals surface area contributed by atoms with Crippen molar-refractivity contribution >= 4 is 5.97 Å². The number of halogens is 3. The van der Waals surface area contributed by atoms with E-state index in [1.165, 1.54) is 0 Å². The first-order valence-electron chi connectivity index (χ1n) is 5.25. The zero-order valence-electron chi connectivity index (χ0n) is 8.93. The maximum Gasteiger partial charge on any atom is 0.394 e. The van der Waals surface area contributed by atoms with Crippen LogP contribution in [-0.4, -0.2) is 24.8 Å². The molecule has 0 aliphatic heterocycles. The van der Waals surface area contributed by atoms with Crippen molar-refractivity contribution in [2.24, 2.45) is 16.6 Å². The van der Waals surface area contributed by atoms with Gasteiger partial charge in [0.1, 0.15) is 6.04 Å². The summed E-state index contributed by atoms with van der Waals surface area (Å²) >= 11 is 0. The third-order valence-corrected chi connectivity index (χ3v) is 3.87. The number of alkyl halides is 3. The van der Waals surface area contributed by atoms with Crippen molar-refractivity contribution < 1.29 is 22.7 Å². The van der Waals surface area contributed by atoms with Gasteiger partial charge in [0.25, 0.3) is 0 Å². The molecular weight excluding hydrogens is 223 g/mol. The summed E-state index contributed by atoms with van der Waals surface area (Å²) < 4.78 is 42.4. The van der Waals surface area contributed by atoms with Gasteiger partial charge in [0.15, 0.2) is 0 Å².